The number of hydrogen-bond acceptors (Lipinski definition) is 4. The van der Waals surface area contributed by atoms with Crippen molar-refractivity contribution < 1.29 is 4.39 Å². The van der Waals surface area contributed by atoms with E-state index >= 15 is 0 Å². The molecule has 0 amide bonds. The number of halogens is 2. The van der Waals surface area contributed by atoms with E-state index in [-0.39, 0.29) is 11.9 Å². The predicted molar refractivity (Wildman–Crippen MR) is 116 cm³/mol. The summed E-state index contributed by atoms with van der Waals surface area (Å²) in [6.07, 6.45) is 0. The molecule has 144 valence electrons. The summed E-state index contributed by atoms with van der Waals surface area (Å²) in [6.45, 7) is 3.85. The molecule has 0 spiro atoms. The number of hydrogen-bond donors (Lipinski definition) is 3. The molecule has 5 nitrogen and oxygen atoms in total. The van der Waals surface area contributed by atoms with Crippen LogP contribution in [0.1, 0.15) is 24.2 Å². The van der Waals surface area contributed by atoms with E-state index in [1.807, 2.05) is 38.1 Å². The van der Waals surface area contributed by atoms with Crippen LogP contribution in [0.15, 0.2) is 54.6 Å². The van der Waals surface area contributed by atoms with Crippen LogP contribution in [0.3, 0.4) is 0 Å². The van der Waals surface area contributed by atoms with E-state index in [4.69, 9.17) is 23.8 Å². The lowest BCUT2D eigenvalue weighted by molar-refractivity contribution is 0.628. The van der Waals surface area contributed by atoms with Gasteiger partial charge in [0.2, 0.25) is 5.95 Å². The van der Waals surface area contributed by atoms with Crippen LogP contribution >= 0.6 is 23.8 Å². The molecule has 0 aliphatic rings. The maximum atomic E-state index is 13.1. The van der Waals surface area contributed by atoms with Gasteiger partial charge in [-0.15, -0.1) is 0 Å². The summed E-state index contributed by atoms with van der Waals surface area (Å²) in [7, 11) is 0. The van der Waals surface area contributed by atoms with Crippen LogP contribution in [0.5, 0.6) is 0 Å². The maximum absolute atomic E-state index is 13.1. The van der Waals surface area contributed by atoms with Gasteiger partial charge < -0.3 is 16.0 Å². The van der Waals surface area contributed by atoms with Gasteiger partial charge in [-0.1, -0.05) is 23.7 Å². The molecule has 0 aliphatic carbocycles. The van der Waals surface area contributed by atoms with Crippen molar-refractivity contribution >= 4 is 46.4 Å². The fourth-order valence-corrected chi connectivity index (χ4v) is 2.93. The predicted octanol–water partition coefficient (Wildman–Crippen LogP) is 5.37. The van der Waals surface area contributed by atoms with Crippen molar-refractivity contribution in [3.63, 3.8) is 0 Å². The summed E-state index contributed by atoms with van der Waals surface area (Å²) in [5, 5.41) is 10.4. The van der Waals surface area contributed by atoms with Gasteiger partial charge in [0.25, 0.3) is 0 Å². The molecule has 0 saturated carbocycles. The second-order valence-electron chi connectivity index (χ2n) is 6.22. The Labute approximate surface area is 173 Å². The molecular weight excluding hydrogens is 397 g/mol. The minimum Gasteiger partial charge on any atom is -0.356 e. The molecule has 0 saturated heterocycles. The summed E-state index contributed by atoms with van der Waals surface area (Å²) in [5.41, 5.74) is 2.54. The average molecular weight is 416 g/mol. The fourth-order valence-electron chi connectivity index (χ4n) is 2.54. The molecule has 1 atom stereocenters. The maximum Gasteiger partial charge on any atom is 0.231 e. The highest BCUT2D eigenvalue weighted by Crippen LogP contribution is 2.18. The second-order valence-corrected chi connectivity index (χ2v) is 7.07. The normalized spacial score (nSPS) is 11.6. The first-order valence-electron chi connectivity index (χ1n) is 8.60. The zero-order chi connectivity index (χ0) is 20.1. The Hall–Kier alpha value is -2.77. The van der Waals surface area contributed by atoms with E-state index in [1.165, 1.54) is 12.1 Å². The standard InChI is InChI=1S/C20H19ClFN5S/c1-12-11-18(25-17-9-7-16(22)8-10-17)26-19(23-12)27-20(28)24-13(2)14-3-5-15(21)6-4-14/h3-11,13H,1-2H3,(H3,23,24,25,26,27,28)/t13-/m1/s1. The van der Waals surface area contributed by atoms with E-state index in [0.29, 0.717) is 21.9 Å². The highest BCUT2D eigenvalue weighted by atomic mass is 35.5. The van der Waals surface area contributed by atoms with Crippen LogP contribution in [0.4, 0.5) is 21.8 Å². The zero-order valence-electron chi connectivity index (χ0n) is 15.3. The Balaban J connectivity index is 1.66. The number of thiocarbonyl (C=S) groups is 1. The molecule has 0 aliphatic heterocycles. The van der Waals surface area contributed by atoms with Crippen molar-refractivity contribution in [3.8, 4) is 0 Å². The Kier molecular flexibility index (Phi) is 6.38. The third-order valence-corrected chi connectivity index (χ3v) is 4.39. The molecule has 0 unspecified atom stereocenters. The van der Waals surface area contributed by atoms with E-state index < -0.39 is 0 Å². The van der Waals surface area contributed by atoms with Gasteiger partial charge in [0.1, 0.15) is 11.6 Å². The highest BCUT2D eigenvalue weighted by molar-refractivity contribution is 7.80. The van der Waals surface area contributed by atoms with Gasteiger partial charge in [-0.2, -0.15) is 4.98 Å². The van der Waals surface area contributed by atoms with E-state index in [1.54, 1.807) is 18.2 Å². The van der Waals surface area contributed by atoms with Crippen LogP contribution < -0.4 is 16.0 Å². The molecule has 0 radical (unpaired) electrons. The van der Waals surface area contributed by atoms with E-state index in [0.717, 1.165) is 16.9 Å². The lowest BCUT2D eigenvalue weighted by atomic mass is 10.1. The number of benzene rings is 2. The molecule has 0 bridgehead atoms. The topological polar surface area (TPSA) is 61.9 Å². The highest BCUT2D eigenvalue weighted by Gasteiger charge is 2.09. The Bertz CT molecular complexity index is 963. The van der Waals surface area contributed by atoms with Gasteiger partial charge in [0, 0.05) is 22.5 Å². The molecule has 3 N–H and O–H groups in total. The van der Waals surface area contributed by atoms with Crippen molar-refractivity contribution in [1.29, 1.82) is 0 Å². The van der Waals surface area contributed by atoms with Gasteiger partial charge in [-0.25, -0.2) is 9.37 Å². The van der Waals surface area contributed by atoms with Gasteiger partial charge in [-0.05, 0) is 68.0 Å². The van der Waals surface area contributed by atoms with Crippen LogP contribution in [0.2, 0.25) is 5.02 Å². The molecule has 28 heavy (non-hydrogen) atoms. The van der Waals surface area contributed by atoms with Crippen molar-refractivity contribution in [1.82, 2.24) is 15.3 Å². The van der Waals surface area contributed by atoms with Crippen LogP contribution in [-0.4, -0.2) is 15.1 Å². The number of aromatic nitrogens is 2. The van der Waals surface area contributed by atoms with Crippen LogP contribution in [0, 0.1) is 12.7 Å². The average Bonchev–Trinajstić information content (AvgIpc) is 2.63. The molecule has 0 fully saturated rings. The quantitative estimate of drug-likeness (QED) is 0.487. The number of anilines is 3. The Morgan fingerprint density at radius 2 is 1.75 bits per heavy atom. The van der Waals surface area contributed by atoms with Crippen LogP contribution in [0.25, 0.3) is 0 Å². The Morgan fingerprint density at radius 1 is 1.07 bits per heavy atom. The van der Waals surface area contributed by atoms with E-state index in [2.05, 4.69) is 25.9 Å². The largest absolute Gasteiger partial charge is 0.356 e. The lowest BCUT2D eigenvalue weighted by Crippen LogP contribution is -2.31. The van der Waals surface area contributed by atoms with Gasteiger partial charge >= 0.3 is 0 Å². The van der Waals surface area contributed by atoms with Crippen molar-refractivity contribution in [2.24, 2.45) is 0 Å². The van der Waals surface area contributed by atoms with Crippen LogP contribution in [-0.2, 0) is 0 Å². The minimum atomic E-state index is -0.294. The fraction of sp³-hybridized carbons (Fsp3) is 0.150. The Morgan fingerprint density at radius 3 is 2.43 bits per heavy atom. The summed E-state index contributed by atoms with van der Waals surface area (Å²) < 4.78 is 13.1. The van der Waals surface area contributed by atoms with Gasteiger partial charge in [0.05, 0.1) is 6.04 Å². The molecular formula is C20H19ClFN5S. The number of nitrogens with one attached hydrogen (secondary N) is 3. The molecule has 2 aromatic carbocycles. The SMILES string of the molecule is Cc1cc(Nc2ccc(F)cc2)nc(NC(=S)N[C@H](C)c2ccc(Cl)cc2)n1. The first-order valence-corrected chi connectivity index (χ1v) is 9.39. The second kappa shape index (κ2) is 8.95. The first-order chi connectivity index (χ1) is 13.4. The van der Waals surface area contributed by atoms with Crippen molar-refractivity contribution in [2.75, 3.05) is 10.6 Å². The van der Waals surface area contributed by atoms with E-state index in [9.17, 15) is 4.39 Å². The van der Waals surface area contributed by atoms with Gasteiger partial charge in [0.15, 0.2) is 5.11 Å². The summed E-state index contributed by atoms with van der Waals surface area (Å²) in [5.74, 6) is 0.651. The third kappa shape index (κ3) is 5.61. The molecule has 8 heteroatoms. The minimum absolute atomic E-state index is 0.0149. The molecule has 3 aromatic rings. The molecule has 3 rings (SSSR count). The van der Waals surface area contributed by atoms with Crippen molar-refractivity contribution in [3.05, 3.63) is 76.7 Å². The summed E-state index contributed by atoms with van der Waals surface area (Å²) in [6, 6.07) is 15.4. The first kappa shape index (κ1) is 20.0. The zero-order valence-corrected chi connectivity index (χ0v) is 16.9. The lowest BCUT2D eigenvalue weighted by Gasteiger charge is -2.17. The molecule has 1 aromatic heterocycles. The monoisotopic (exact) mass is 415 g/mol. The van der Waals surface area contributed by atoms with Crippen molar-refractivity contribution in [2.45, 2.75) is 19.9 Å². The summed E-state index contributed by atoms with van der Waals surface area (Å²) in [4.78, 5) is 8.76. The third-order valence-electron chi connectivity index (χ3n) is 3.91. The number of rotatable bonds is 5. The smallest absolute Gasteiger partial charge is 0.231 e. The number of aryl methyl sites for hydroxylation is 1. The van der Waals surface area contributed by atoms with Gasteiger partial charge in [-0.3, -0.25) is 0 Å². The summed E-state index contributed by atoms with van der Waals surface area (Å²) >= 11 is 11.3. The molecule has 1 heterocycles. The number of nitrogens with zero attached hydrogens (tertiary/aromatic N) is 2.